The molecule has 3 aromatic rings. The van der Waals surface area contributed by atoms with Crippen LogP contribution >= 0.6 is 11.6 Å². The van der Waals surface area contributed by atoms with Gasteiger partial charge in [-0.25, -0.2) is 0 Å². The summed E-state index contributed by atoms with van der Waals surface area (Å²) in [5.41, 5.74) is 1.60. The Hall–Kier alpha value is -3.05. The van der Waals surface area contributed by atoms with Gasteiger partial charge in [0.2, 0.25) is 0 Å². The number of carbonyl (C=O) groups excluding carboxylic acids is 2. The molecule has 0 bridgehead atoms. The Labute approximate surface area is 149 Å². The fourth-order valence-electron chi connectivity index (χ4n) is 2.50. The molecule has 0 saturated heterocycles. The fourth-order valence-corrected chi connectivity index (χ4v) is 2.68. The smallest absolute Gasteiger partial charge is 0.314 e. The van der Waals surface area contributed by atoms with Gasteiger partial charge in [-0.05, 0) is 36.8 Å². The van der Waals surface area contributed by atoms with Crippen molar-refractivity contribution >= 4 is 45.6 Å². The van der Waals surface area contributed by atoms with Gasteiger partial charge in [0.05, 0.1) is 0 Å². The van der Waals surface area contributed by atoms with Crippen LogP contribution in [0.1, 0.15) is 5.56 Å². The van der Waals surface area contributed by atoms with Gasteiger partial charge in [-0.2, -0.15) is 0 Å². The number of nitrogens with one attached hydrogen (secondary N) is 2. The molecule has 3 aromatic carbocycles. The van der Waals surface area contributed by atoms with E-state index in [1.165, 1.54) is 0 Å². The van der Waals surface area contributed by atoms with Gasteiger partial charge in [0, 0.05) is 27.2 Å². The molecule has 0 saturated carbocycles. The number of anilines is 2. The standard InChI is InChI=1S/C19H15ClN2O3/c1-11-14(20)7-4-8-15(11)21-18(24)19(25)22-16-9-2-6-13-12(16)5-3-10-17(13)23/h2-10,23H,1H3,(H,21,24)(H,22,25). The van der Waals surface area contributed by atoms with Crippen LogP contribution in [0.15, 0.2) is 54.6 Å². The molecule has 0 heterocycles. The Bertz CT molecular complexity index is 986. The lowest BCUT2D eigenvalue weighted by Crippen LogP contribution is -2.29. The van der Waals surface area contributed by atoms with Crippen LogP contribution in [0.3, 0.4) is 0 Å². The van der Waals surface area contributed by atoms with Crippen LogP contribution in [0.25, 0.3) is 10.8 Å². The predicted octanol–water partition coefficient (Wildman–Crippen LogP) is 4.08. The van der Waals surface area contributed by atoms with Gasteiger partial charge in [-0.1, -0.05) is 41.9 Å². The van der Waals surface area contributed by atoms with Crippen molar-refractivity contribution in [2.45, 2.75) is 6.92 Å². The quantitative estimate of drug-likeness (QED) is 0.607. The monoisotopic (exact) mass is 354 g/mol. The first kappa shape index (κ1) is 16.8. The number of fused-ring (bicyclic) bond motifs is 1. The third-order valence-electron chi connectivity index (χ3n) is 3.87. The first-order valence-electron chi connectivity index (χ1n) is 7.55. The minimum atomic E-state index is -0.810. The highest BCUT2D eigenvalue weighted by atomic mass is 35.5. The number of benzene rings is 3. The van der Waals surface area contributed by atoms with E-state index in [0.717, 1.165) is 0 Å². The highest BCUT2D eigenvalue weighted by Crippen LogP contribution is 2.29. The van der Waals surface area contributed by atoms with Crippen LogP contribution < -0.4 is 10.6 Å². The molecule has 3 rings (SSSR count). The summed E-state index contributed by atoms with van der Waals surface area (Å²) in [7, 11) is 0. The minimum Gasteiger partial charge on any atom is -0.507 e. The molecule has 0 atom stereocenters. The van der Waals surface area contributed by atoms with Crippen molar-refractivity contribution in [2.24, 2.45) is 0 Å². The number of halogens is 1. The molecule has 0 spiro atoms. The van der Waals surface area contributed by atoms with Crippen molar-refractivity contribution in [3.8, 4) is 5.75 Å². The molecule has 0 aliphatic heterocycles. The van der Waals surface area contributed by atoms with E-state index in [-0.39, 0.29) is 5.75 Å². The molecule has 0 aliphatic carbocycles. The van der Waals surface area contributed by atoms with E-state index < -0.39 is 11.8 Å². The topological polar surface area (TPSA) is 78.4 Å². The van der Waals surface area contributed by atoms with Gasteiger partial charge in [0.15, 0.2) is 0 Å². The second kappa shape index (κ2) is 6.83. The number of hydrogen-bond donors (Lipinski definition) is 3. The first-order valence-corrected chi connectivity index (χ1v) is 7.93. The predicted molar refractivity (Wildman–Crippen MR) is 99.1 cm³/mol. The van der Waals surface area contributed by atoms with E-state index in [4.69, 9.17) is 11.6 Å². The van der Waals surface area contributed by atoms with Crippen LogP contribution in [0.2, 0.25) is 5.02 Å². The highest BCUT2D eigenvalue weighted by molar-refractivity contribution is 6.44. The third-order valence-corrected chi connectivity index (χ3v) is 4.28. The summed E-state index contributed by atoms with van der Waals surface area (Å²) in [6.45, 7) is 1.75. The average Bonchev–Trinajstić information content (AvgIpc) is 2.60. The fraction of sp³-hybridized carbons (Fsp3) is 0.0526. The average molecular weight is 355 g/mol. The molecule has 0 aromatic heterocycles. The summed E-state index contributed by atoms with van der Waals surface area (Å²) in [4.78, 5) is 24.4. The Kier molecular flexibility index (Phi) is 4.59. The number of amides is 2. The maximum Gasteiger partial charge on any atom is 0.314 e. The molecular weight excluding hydrogens is 340 g/mol. The zero-order chi connectivity index (χ0) is 18.0. The summed E-state index contributed by atoms with van der Waals surface area (Å²) in [6, 6.07) is 15.1. The summed E-state index contributed by atoms with van der Waals surface area (Å²) < 4.78 is 0. The first-order chi connectivity index (χ1) is 12.0. The lowest BCUT2D eigenvalue weighted by atomic mass is 10.1. The Morgan fingerprint density at radius 1 is 0.840 bits per heavy atom. The summed E-state index contributed by atoms with van der Waals surface area (Å²) >= 11 is 6.01. The van der Waals surface area contributed by atoms with Gasteiger partial charge in [0.1, 0.15) is 5.75 Å². The number of rotatable bonds is 2. The Balaban J connectivity index is 1.82. The maximum atomic E-state index is 12.2. The van der Waals surface area contributed by atoms with Crippen LogP contribution in [-0.2, 0) is 9.59 Å². The van der Waals surface area contributed by atoms with E-state index in [0.29, 0.717) is 32.7 Å². The molecule has 5 nitrogen and oxygen atoms in total. The highest BCUT2D eigenvalue weighted by Gasteiger charge is 2.17. The van der Waals surface area contributed by atoms with Gasteiger partial charge in [-0.3, -0.25) is 9.59 Å². The minimum absolute atomic E-state index is 0.104. The number of phenolic OH excluding ortho intramolecular Hbond substituents is 1. The molecule has 126 valence electrons. The van der Waals surface area contributed by atoms with Gasteiger partial charge in [0.25, 0.3) is 0 Å². The molecule has 25 heavy (non-hydrogen) atoms. The number of hydrogen-bond acceptors (Lipinski definition) is 3. The Morgan fingerprint density at radius 2 is 1.40 bits per heavy atom. The summed E-state index contributed by atoms with van der Waals surface area (Å²) in [5.74, 6) is -1.51. The van der Waals surface area contributed by atoms with E-state index in [1.54, 1.807) is 61.5 Å². The SMILES string of the molecule is Cc1c(Cl)cccc1NC(=O)C(=O)Nc1cccc2c(O)cccc12. The van der Waals surface area contributed by atoms with Crippen molar-refractivity contribution < 1.29 is 14.7 Å². The second-order valence-corrected chi connectivity index (χ2v) is 5.91. The van der Waals surface area contributed by atoms with Gasteiger partial charge >= 0.3 is 11.8 Å². The normalized spacial score (nSPS) is 10.5. The summed E-state index contributed by atoms with van der Waals surface area (Å²) in [6.07, 6.45) is 0. The lowest BCUT2D eigenvalue weighted by molar-refractivity contribution is -0.132. The molecule has 6 heteroatoms. The van der Waals surface area contributed by atoms with Crippen molar-refractivity contribution in [1.82, 2.24) is 0 Å². The van der Waals surface area contributed by atoms with E-state index in [1.807, 2.05) is 0 Å². The van der Waals surface area contributed by atoms with E-state index in [9.17, 15) is 14.7 Å². The molecule has 0 aliphatic rings. The zero-order valence-electron chi connectivity index (χ0n) is 13.3. The molecule has 3 N–H and O–H groups in total. The van der Waals surface area contributed by atoms with Crippen LogP contribution in [0.4, 0.5) is 11.4 Å². The Morgan fingerprint density at radius 3 is 2.16 bits per heavy atom. The van der Waals surface area contributed by atoms with E-state index >= 15 is 0 Å². The molecule has 0 unspecified atom stereocenters. The summed E-state index contributed by atoms with van der Waals surface area (Å²) in [5, 5.41) is 16.7. The largest absolute Gasteiger partial charge is 0.507 e. The number of carbonyl (C=O) groups is 2. The second-order valence-electron chi connectivity index (χ2n) is 5.50. The van der Waals surface area contributed by atoms with Crippen LogP contribution in [0.5, 0.6) is 5.75 Å². The molecule has 0 radical (unpaired) electrons. The van der Waals surface area contributed by atoms with Crippen molar-refractivity contribution in [3.63, 3.8) is 0 Å². The van der Waals surface area contributed by atoms with Gasteiger partial charge in [-0.15, -0.1) is 0 Å². The number of aromatic hydroxyl groups is 1. The van der Waals surface area contributed by atoms with Crippen molar-refractivity contribution in [1.29, 1.82) is 0 Å². The lowest BCUT2D eigenvalue weighted by Gasteiger charge is -2.11. The maximum absolute atomic E-state index is 12.2. The third kappa shape index (κ3) is 3.41. The number of phenols is 1. The molecule has 0 fully saturated rings. The van der Waals surface area contributed by atoms with Crippen molar-refractivity contribution in [3.05, 3.63) is 65.2 Å². The van der Waals surface area contributed by atoms with E-state index in [2.05, 4.69) is 10.6 Å². The zero-order valence-corrected chi connectivity index (χ0v) is 14.1. The molecular formula is C19H15ClN2O3. The van der Waals surface area contributed by atoms with Crippen LogP contribution in [0, 0.1) is 6.92 Å². The molecule has 2 amide bonds. The van der Waals surface area contributed by atoms with Crippen molar-refractivity contribution in [2.75, 3.05) is 10.6 Å². The van der Waals surface area contributed by atoms with Gasteiger partial charge < -0.3 is 15.7 Å². The van der Waals surface area contributed by atoms with Crippen LogP contribution in [-0.4, -0.2) is 16.9 Å².